The predicted octanol–water partition coefficient (Wildman–Crippen LogP) is 1.07. The number of nitrogens with zero attached hydrogens (tertiary/aromatic N) is 2. The lowest BCUT2D eigenvalue weighted by Gasteiger charge is -2.11. The first-order valence-corrected chi connectivity index (χ1v) is 4.63. The number of anilines is 1. The highest BCUT2D eigenvalue weighted by molar-refractivity contribution is 5.71. The molecule has 0 spiro atoms. The molecule has 3 N–H and O–H groups in total. The van der Waals surface area contributed by atoms with Gasteiger partial charge < -0.3 is 15.2 Å². The number of benzene rings is 1. The van der Waals surface area contributed by atoms with Gasteiger partial charge in [0.2, 0.25) is 0 Å². The van der Waals surface area contributed by atoms with Crippen LogP contribution in [0.25, 0.3) is 11.4 Å². The van der Waals surface area contributed by atoms with Crippen LogP contribution in [0.15, 0.2) is 18.5 Å². The Morgan fingerprint density at radius 1 is 1.25 bits per heavy atom. The summed E-state index contributed by atoms with van der Waals surface area (Å²) in [5, 5.41) is 6.53. The second-order valence-electron chi connectivity index (χ2n) is 3.14. The highest BCUT2D eigenvalue weighted by atomic mass is 16.5. The number of H-pyrrole nitrogens is 1. The molecule has 0 amide bonds. The molecule has 0 aliphatic heterocycles. The highest BCUT2D eigenvalue weighted by Gasteiger charge is 2.12. The molecular formula is C10H12N4O2. The maximum Gasteiger partial charge on any atom is 0.183 e. The van der Waals surface area contributed by atoms with E-state index >= 15 is 0 Å². The average molecular weight is 220 g/mol. The van der Waals surface area contributed by atoms with Crippen molar-refractivity contribution in [3.05, 3.63) is 18.5 Å². The second kappa shape index (κ2) is 4.09. The normalized spacial score (nSPS) is 10.1. The van der Waals surface area contributed by atoms with E-state index < -0.39 is 0 Å². The zero-order chi connectivity index (χ0) is 11.5. The van der Waals surface area contributed by atoms with Gasteiger partial charge in [0.1, 0.15) is 6.33 Å². The monoisotopic (exact) mass is 220 g/mol. The topological polar surface area (TPSA) is 86.1 Å². The third-order valence-corrected chi connectivity index (χ3v) is 2.20. The number of nitrogen functional groups attached to an aromatic ring is 1. The molecule has 0 atom stereocenters. The maximum atomic E-state index is 5.85. The van der Waals surface area contributed by atoms with E-state index in [1.54, 1.807) is 26.4 Å². The van der Waals surface area contributed by atoms with E-state index in [1.165, 1.54) is 6.33 Å². The minimum absolute atomic E-state index is 0.494. The fourth-order valence-electron chi connectivity index (χ4n) is 1.48. The van der Waals surface area contributed by atoms with Gasteiger partial charge in [0.15, 0.2) is 17.3 Å². The van der Waals surface area contributed by atoms with E-state index in [1.807, 2.05) is 0 Å². The smallest absolute Gasteiger partial charge is 0.183 e. The van der Waals surface area contributed by atoms with Crippen molar-refractivity contribution in [1.29, 1.82) is 0 Å². The van der Waals surface area contributed by atoms with Gasteiger partial charge >= 0.3 is 0 Å². The van der Waals surface area contributed by atoms with E-state index in [0.29, 0.717) is 23.0 Å². The van der Waals surface area contributed by atoms with Crippen molar-refractivity contribution in [3.63, 3.8) is 0 Å². The molecule has 6 nitrogen and oxygen atoms in total. The summed E-state index contributed by atoms with van der Waals surface area (Å²) in [6, 6.07) is 3.54. The number of hydrogen-bond acceptors (Lipinski definition) is 5. The van der Waals surface area contributed by atoms with Gasteiger partial charge in [-0.2, -0.15) is 5.10 Å². The van der Waals surface area contributed by atoms with Crippen LogP contribution in [0.4, 0.5) is 5.69 Å². The first kappa shape index (κ1) is 10.3. The zero-order valence-corrected chi connectivity index (χ0v) is 9.02. The lowest BCUT2D eigenvalue weighted by Crippen LogP contribution is -1.97. The van der Waals surface area contributed by atoms with E-state index in [-0.39, 0.29) is 0 Å². The van der Waals surface area contributed by atoms with Crippen LogP contribution in [-0.2, 0) is 0 Å². The van der Waals surface area contributed by atoms with Crippen LogP contribution in [0.2, 0.25) is 0 Å². The minimum atomic E-state index is 0.494. The Balaban J connectivity index is 2.54. The molecular weight excluding hydrogens is 208 g/mol. The Labute approximate surface area is 92.4 Å². The minimum Gasteiger partial charge on any atom is -0.493 e. The lowest BCUT2D eigenvalue weighted by molar-refractivity contribution is 0.356. The van der Waals surface area contributed by atoms with Gasteiger partial charge in [-0.3, -0.25) is 5.10 Å². The average Bonchev–Trinajstić information content (AvgIpc) is 2.81. The quantitative estimate of drug-likeness (QED) is 0.755. The second-order valence-corrected chi connectivity index (χ2v) is 3.14. The Kier molecular flexibility index (Phi) is 2.63. The molecule has 16 heavy (non-hydrogen) atoms. The van der Waals surface area contributed by atoms with Gasteiger partial charge in [0, 0.05) is 5.56 Å². The summed E-state index contributed by atoms with van der Waals surface area (Å²) >= 11 is 0. The predicted molar refractivity (Wildman–Crippen MR) is 59.3 cm³/mol. The molecule has 2 aromatic rings. The van der Waals surface area contributed by atoms with Gasteiger partial charge in [-0.05, 0) is 12.1 Å². The number of methoxy groups -OCH3 is 2. The summed E-state index contributed by atoms with van der Waals surface area (Å²) in [6.45, 7) is 0. The van der Waals surface area contributed by atoms with Crippen LogP contribution in [0, 0.1) is 0 Å². The Bertz CT molecular complexity index is 482. The van der Waals surface area contributed by atoms with E-state index in [0.717, 1.165) is 5.56 Å². The van der Waals surface area contributed by atoms with Crippen LogP contribution in [0.5, 0.6) is 11.5 Å². The summed E-state index contributed by atoms with van der Waals surface area (Å²) in [5.74, 6) is 1.72. The first-order chi connectivity index (χ1) is 7.76. The molecule has 6 heteroatoms. The number of aromatic nitrogens is 3. The lowest BCUT2D eigenvalue weighted by atomic mass is 10.1. The summed E-state index contributed by atoms with van der Waals surface area (Å²) < 4.78 is 10.3. The Morgan fingerprint density at radius 3 is 2.62 bits per heavy atom. The number of hydrogen-bond donors (Lipinski definition) is 2. The van der Waals surface area contributed by atoms with Crippen LogP contribution < -0.4 is 15.2 Å². The highest BCUT2D eigenvalue weighted by Crippen LogP contribution is 2.36. The van der Waals surface area contributed by atoms with Gasteiger partial charge in [-0.1, -0.05) is 0 Å². The summed E-state index contributed by atoms with van der Waals surface area (Å²) in [6.07, 6.45) is 1.43. The number of nitrogens with two attached hydrogens (primary N) is 1. The number of ether oxygens (including phenoxy) is 2. The molecule has 0 aliphatic rings. The molecule has 0 aliphatic carbocycles. The number of rotatable bonds is 3. The first-order valence-electron chi connectivity index (χ1n) is 4.63. The standard InChI is InChI=1S/C10H12N4O2/c1-15-8-4-6(10-12-5-13-14-10)3-7(11)9(8)16-2/h3-5H,11H2,1-2H3,(H,12,13,14). The van der Waals surface area contributed by atoms with Crippen molar-refractivity contribution in [2.24, 2.45) is 0 Å². The maximum absolute atomic E-state index is 5.85. The number of aromatic amines is 1. The molecule has 0 fully saturated rings. The molecule has 1 heterocycles. The van der Waals surface area contributed by atoms with E-state index in [2.05, 4.69) is 15.2 Å². The van der Waals surface area contributed by atoms with Crippen molar-refractivity contribution < 1.29 is 9.47 Å². The molecule has 1 aromatic carbocycles. The molecule has 0 saturated carbocycles. The molecule has 0 unspecified atom stereocenters. The fraction of sp³-hybridized carbons (Fsp3) is 0.200. The van der Waals surface area contributed by atoms with Gasteiger partial charge in [-0.15, -0.1) is 0 Å². The van der Waals surface area contributed by atoms with Crippen molar-refractivity contribution in [3.8, 4) is 22.9 Å². The third-order valence-electron chi connectivity index (χ3n) is 2.20. The molecule has 84 valence electrons. The van der Waals surface area contributed by atoms with Crippen molar-refractivity contribution in [2.45, 2.75) is 0 Å². The van der Waals surface area contributed by atoms with Gasteiger partial charge in [0.05, 0.1) is 19.9 Å². The van der Waals surface area contributed by atoms with E-state index in [9.17, 15) is 0 Å². The Morgan fingerprint density at radius 2 is 2.06 bits per heavy atom. The van der Waals surface area contributed by atoms with Crippen molar-refractivity contribution in [2.75, 3.05) is 20.0 Å². The van der Waals surface area contributed by atoms with Gasteiger partial charge in [-0.25, -0.2) is 4.98 Å². The van der Waals surface area contributed by atoms with Crippen LogP contribution in [-0.4, -0.2) is 29.4 Å². The largest absolute Gasteiger partial charge is 0.493 e. The van der Waals surface area contributed by atoms with E-state index in [4.69, 9.17) is 15.2 Å². The van der Waals surface area contributed by atoms with Gasteiger partial charge in [0.25, 0.3) is 0 Å². The third kappa shape index (κ3) is 1.65. The van der Waals surface area contributed by atoms with Crippen molar-refractivity contribution in [1.82, 2.24) is 15.2 Å². The SMILES string of the molecule is COc1cc(-c2ncn[nH]2)cc(N)c1OC. The molecule has 0 bridgehead atoms. The molecule has 2 rings (SSSR count). The fourth-order valence-corrected chi connectivity index (χ4v) is 1.48. The summed E-state index contributed by atoms with van der Waals surface area (Å²) in [7, 11) is 3.10. The number of nitrogens with one attached hydrogen (secondary N) is 1. The molecule has 0 radical (unpaired) electrons. The van der Waals surface area contributed by atoms with Crippen LogP contribution >= 0.6 is 0 Å². The molecule has 0 saturated heterocycles. The van der Waals surface area contributed by atoms with Crippen LogP contribution in [0.1, 0.15) is 0 Å². The van der Waals surface area contributed by atoms with Crippen molar-refractivity contribution >= 4 is 5.69 Å². The summed E-state index contributed by atoms with van der Waals surface area (Å²) in [4.78, 5) is 4.04. The van der Waals surface area contributed by atoms with Crippen LogP contribution in [0.3, 0.4) is 0 Å². The molecule has 1 aromatic heterocycles. The summed E-state index contributed by atoms with van der Waals surface area (Å²) in [5.41, 5.74) is 7.14. The zero-order valence-electron chi connectivity index (χ0n) is 9.02. The Hall–Kier alpha value is -2.24.